The van der Waals surface area contributed by atoms with Crippen molar-refractivity contribution in [3.05, 3.63) is 64.7 Å². The molecule has 0 amide bonds. The quantitative estimate of drug-likeness (QED) is 0.257. The van der Waals surface area contributed by atoms with Gasteiger partial charge in [-0.1, -0.05) is 6.07 Å². The monoisotopic (exact) mass is 594 g/mol. The molecule has 0 fully saturated rings. The standard InChI is InChI=1S/C27H35F5N2O5S/c1-26(2,12-6-8-22-23(28)9-5-10-24(22)29)33-16-20(35)17-34(3)40(38,39)21-14-18(7-4-11-25(36)37)13-19(15-21)27(30,31)32/h5,9-10,13-15,20,33,35H,4,6-8,11-12,16-17H2,1-3H3,(H,36,37)/t20-/m1/s1. The topological polar surface area (TPSA) is 107 Å². The minimum Gasteiger partial charge on any atom is -0.481 e. The van der Waals surface area contributed by atoms with E-state index in [1.54, 1.807) is 0 Å². The molecular weight excluding hydrogens is 559 g/mol. The predicted octanol–water partition coefficient (Wildman–Crippen LogP) is 4.76. The number of alkyl halides is 3. The second kappa shape index (κ2) is 13.8. The third-order valence-corrected chi connectivity index (χ3v) is 8.23. The summed E-state index contributed by atoms with van der Waals surface area (Å²) in [4.78, 5) is 10.1. The van der Waals surface area contributed by atoms with Crippen LogP contribution in [0.3, 0.4) is 0 Å². The summed E-state index contributed by atoms with van der Waals surface area (Å²) in [7, 11) is -3.29. The summed E-state index contributed by atoms with van der Waals surface area (Å²) in [6.07, 6.45) is -5.27. The number of sulfonamides is 1. The molecular formula is C27H35F5N2O5S. The molecule has 0 unspecified atom stereocenters. The van der Waals surface area contributed by atoms with Crippen molar-refractivity contribution in [3.63, 3.8) is 0 Å². The van der Waals surface area contributed by atoms with Gasteiger partial charge < -0.3 is 15.5 Å². The van der Waals surface area contributed by atoms with Crippen LogP contribution >= 0.6 is 0 Å². The molecule has 3 N–H and O–H groups in total. The van der Waals surface area contributed by atoms with Gasteiger partial charge in [-0.2, -0.15) is 17.5 Å². The van der Waals surface area contributed by atoms with Gasteiger partial charge in [0.2, 0.25) is 10.0 Å². The molecule has 0 bridgehead atoms. The number of nitrogens with zero attached hydrogens (tertiary/aromatic N) is 1. The summed E-state index contributed by atoms with van der Waals surface area (Å²) in [5, 5.41) is 22.3. The van der Waals surface area contributed by atoms with Crippen molar-refractivity contribution in [1.29, 1.82) is 0 Å². The Balaban J connectivity index is 2.02. The maximum Gasteiger partial charge on any atom is 0.416 e. The van der Waals surface area contributed by atoms with Gasteiger partial charge >= 0.3 is 12.1 Å². The lowest BCUT2D eigenvalue weighted by Gasteiger charge is -2.29. The number of aliphatic hydroxyl groups excluding tert-OH is 1. The molecule has 0 radical (unpaired) electrons. The molecule has 0 saturated carbocycles. The third-order valence-electron chi connectivity index (χ3n) is 6.43. The summed E-state index contributed by atoms with van der Waals surface area (Å²) in [5.41, 5.74) is -1.73. The van der Waals surface area contributed by atoms with Crippen LogP contribution < -0.4 is 5.32 Å². The molecule has 1 atom stereocenters. The Morgan fingerprint density at radius 1 is 1.05 bits per heavy atom. The third kappa shape index (κ3) is 10.1. The highest BCUT2D eigenvalue weighted by Crippen LogP contribution is 2.33. The van der Waals surface area contributed by atoms with E-state index in [1.165, 1.54) is 18.2 Å². The van der Waals surface area contributed by atoms with Crippen LogP contribution in [0.25, 0.3) is 0 Å². The van der Waals surface area contributed by atoms with Crippen LogP contribution in [-0.4, -0.2) is 60.7 Å². The molecule has 2 aromatic rings. The number of aryl methyl sites for hydroxylation is 1. The van der Waals surface area contributed by atoms with Gasteiger partial charge in [0.1, 0.15) is 11.6 Å². The summed E-state index contributed by atoms with van der Waals surface area (Å²) >= 11 is 0. The minimum absolute atomic E-state index is 0.00944. The zero-order valence-electron chi connectivity index (χ0n) is 22.6. The van der Waals surface area contributed by atoms with Crippen LogP contribution in [0.4, 0.5) is 22.0 Å². The van der Waals surface area contributed by atoms with Crippen molar-refractivity contribution >= 4 is 16.0 Å². The van der Waals surface area contributed by atoms with Gasteiger partial charge in [0.05, 0.1) is 16.6 Å². The first-order chi connectivity index (χ1) is 18.4. The normalized spacial score (nSPS) is 13.6. The number of aliphatic hydroxyl groups is 1. The molecule has 2 rings (SSSR count). The van der Waals surface area contributed by atoms with Crippen LogP contribution in [0.15, 0.2) is 41.3 Å². The predicted molar refractivity (Wildman–Crippen MR) is 139 cm³/mol. The average molecular weight is 595 g/mol. The number of likely N-dealkylation sites (N-methyl/N-ethyl adjacent to an activating group) is 1. The van der Waals surface area contributed by atoms with Crippen molar-refractivity contribution in [2.75, 3.05) is 20.1 Å². The maximum atomic E-state index is 13.8. The molecule has 0 aliphatic rings. The van der Waals surface area contributed by atoms with E-state index < -0.39 is 62.4 Å². The van der Waals surface area contributed by atoms with E-state index in [2.05, 4.69) is 5.32 Å². The fourth-order valence-electron chi connectivity index (χ4n) is 4.16. The first kappa shape index (κ1) is 33.6. The molecule has 0 aliphatic carbocycles. The van der Waals surface area contributed by atoms with Crippen LogP contribution in [-0.2, 0) is 33.8 Å². The Morgan fingerprint density at radius 2 is 1.68 bits per heavy atom. The molecule has 0 saturated heterocycles. The Labute approximate surface area is 231 Å². The number of carbonyl (C=O) groups is 1. The summed E-state index contributed by atoms with van der Waals surface area (Å²) in [6, 6.07) is 6.04. The Hall–Kier alpha value is -2.61. The molecule has 0 heterocycles. The fraction of sp³-hybridized carbons (Fsp3) is 0.519. The summed E-state index contributed by atoms with van der Waals surface area (Å²) in [6.45, 7) is 3.15. The molecule has 2 aromatic carbocycles. The highest BCUT2D eigenvalue weighted by molar-refractivity contribution is 7.89. The lowest BCUT2D eigenvalue weighted by molar-refractivity contribution is -0.138. The van der Waals surface area contributed by atoms with E-state index in [4.69, 9.17) is 5.11 Å². The van der Waals surface area contributed by atoms with Crippen molar-refractivity contribution in [1.82, 2.24) is 9.62 Å². The lowest BCUT2D eigenvalue weighted by atomic mass is 9.95. The van der Waals surface area contributed by atoms with E-state index in [9.17, 15) is 40.3 Å². The molecule has 7 nitrogen and oxygen atoms in total. The minimum atomic E-state index is -4.82. The van der Waals surface area contributed by atoms with E-state index in [0.717, 1.165) is 23.5 Å². The number of rotatable bonds is 15. The molecule has 0 aromatic heterocycles. The molecule has 13 heteroatoms. The number of carboxylic acid groups (broad SMARTS) is 1. The Morgan fingerprint density at radius 3 is 2.25 bits per heavy atom. The zero-order valence-corrected chi connectivity index (χ0v) is 23.4. The number of carboxylic acids is 1. The Bertz CT molecular complexity index is 1250. The Kier molecular flexibility index (Phi) is 11.6. The van der Waals surface area contributed by atoms with Crippen LogP contribution in [0.1, 0.15) is 56.2 Å². The van der Waals surface area contributed by atoms with E-state index in [-0.39, 0.29) is 43.4 Å². The largest absolute Gasteiger partial charge is 0.481 e. The summed E-state index contributed by atoms with van der Waals surface area (Å²) in [5.74, 6) is -2.37. The zero-order chi connectivity index (χ0) is 30.3. The molecule has 224 valence electrons. The van der Waals surface area contributed by atoms with E-state index in [1.807, 2.05) is 13.8 Å². The number of β-amino-alcohol motifs (C(OH)–C–C–N with tert-alkyl or cyclic N) is 1. The van der Waals surface area contributed by atoms with Crippen LogP contribution in [0.5, 0.6) is 0 Å². The van der Waals surface area contributed by atoms with Crippen molar-refractivity contribution in [2.24, 2.45) is 0 Å². The number of hydrogen-bond donors (Lipinski definition) is 3. The number of hydrogen-bond acceptors (Lipinski definition) is 5. The highest BCUT2D eigenvalue weighted by Gasteiger charge is 2.34. The lowest BCUT2D eigenvalue weighted by Crippen LogP contribution is -2.46. The number of nitrogens with one attached hydrogen (secondary N) is 1. The van der Waals surface area contributed by atoms with Crippen molar-refractivity contribution in [2.45, 2.75) is 75.1 Å². The van der Waals surface area contributed by atoms with Crippen molar-refractivity contribution < 1.29 is 45.4 Å². The van der Waals surface area contributed by atoms with E-state index >= 15 is 0 Å². The SMILES string of the molecule is CN(C[C@H](O)CNC(C)(C)CCCc1c(F)cccc1F)S(=O)(=O)c1cc(CCCC(=O)O)cc(C(F)(F)F)c1. The van der Waals surface area contributed by atoms with Gasteiger partial charge in [0.25, 0.3) is 0 Å². The van der Waals surface area contributed by atoms with Gasteiger partial charge in [-0.3, -0.25) is 4.79 Å². The summed E-state index contributed by atoms with van der Waals surface area (Å²) < 4.78 is 94.9. The average Bonchev–Trinajstić information content (AvgIpc) is 2.83. The highest BCUT2D eigenvalue weighted by atomic mass is 32.2. The second-order valence-electron chi connectivity index (χ2n) is 10.4. The molecule has 0 spiro atoms. The molecule has 40 heavy (non-hydrogen) atoms. The molecule has 0 aliphatic heterocycles. The van der Waals surface area contributed by atoms with Gasteiger partial charge in [-0.25, -0.2) is 17.2 Å². The van der Waals surface area contributed by atoms with Crippen LogP contribution in [0.2, 0.25) is 0 Å². The van der Waals surface area contributed by atoms with Gasteiger partial charge in [0.15, 0.2) is 0 Å². The van der Waals surface area contributed by atoms with Gasteiger partial charge in [0, 0.05) is 37.7 Å². The first-order valence-electron chi connectivity index (χ1n) is 12.7. The van der Waals surface area contributed by atoms with Gasteiger partial charge in [-0.05, 0) is 81.8 Å². The smallest absolute Gasteiger partial charge is 0.416 e. The van der Waals surface area contributed by atoms with Crippen molar-refractivity contribution in [3.8, 4) is 0 Å². The number of halogens is 5. The van der Waals surface area contributed by atoms with Crippen LogP contribution in [0, 0.1) is 11.6 Å². The number of aliphatic carboxylic acids is 1. The van der Waals surface area contributed by atoms with Gasteiger partial charge in [-0.15, -0.1) is 0 Å². The van der Waals surface area contributed by atoms with E-state index in [0.29, 0.717) is 18.9 Å². The second-order valence-corrected chi connectivity index (χ2v) is 12.4. The number of benzene rings is 2. The maximum absolute atomic E-state index is 13.8. The fourth-order valence-corrected chi connectivity index (χ4v) is 5.47. The first-order valence-corrected chi connectivity index (χ1v) is 14.1.